The highest BCUT2D eigenvalue weighted by Crippen LogP contribution is 2.29. The highest BCUT2D eigenvalue weighted by Gasteiger charge is 2.18. The van der Waals surface area contributed by atoms with E-state index in [1.807, 2.05) is 67.6 Å². The maximum Gasteiger partial charge on any atom is 0.197 e. The topological polar surface area (TPSA) is 41.8 Å². The zero-order valence-electron chi connectivity index (χ0n) is 12.2. The van der Waals surface area contributed by atoms with Gasteiger partial charge in [-0.1, -0.05) is 67.2 Å². The first-order valence-electron chi connectivity index (χ1n) is 7.02. The lowest BCUT2D eigenvalue weighted by Crippen LogP contribution is -2.06. The number of thioether (sulfide) groups is 1. The van der Waals surface area contributed by atoms with Gasteiger partial charge < -0.3 is 0 Å². The fraction of sp³-hybridized carbons (Fsp3) is 0.118. The van der Waals surface area contributed by atoms with Gasteiger partial charge >= 0.3 is 0 Å². The van der Waals surface area contributed by atoms with Crippen LogP contribution in [0.5, 0.6) is 0 Å². The van der Waals surface area contributed by atoms with Gasteiger partial charge in [0.2, 0.25) is 0 Å². The summed E-state index contributed by atoms with van der Waals surface area (Å²) in [5, 5.41) is 2.27. The summed E-state index contributed by atoms with van der Waals surface area (Å²) in [5.41, 5.74) is 1.68. The van der Waals surface area contributed by atoms with Gasteiger partial charge in [0.25, 0.3) is 0 Å². The molecule has 2 aromatic carbocycles. The quantitative estimate of drug-likeness (QED) is 0.824. The monoisotopic (exact) mass is 328 g/mol. The number of nitrogens with zero attached hydrogens (tertiary/aromatic N) is 2. The minimum absolute atomic E-state index is 0.581. The molecule has 0 fully saturated rings. The molecule has 1 unspecified atom stereocenters. The second-order valence-corrected chi connectivity index (χ2v) is 7.93. The number of rotatable bonds is 3. The van der Waals surface area contributed by atoms with Gasteiger partial charge in [0.1, 0.15) is 9.73 Å². The average molecular weight is 328 g/mol. The average Bonchev–Trinajstić information content (AvgIpc) is 2.56. The van der Waals surface area contributed by atoms with Crippen molar-refractivity contribution in [1.82, 2.24) is 0 Å². The van der Waals surface area contributed by atoms with Crippen molar-refractivity contribution in [2.45, 2.75) is 11.8 Å². The molecule has 1 aliphatic heterocycles. The molecule has 0 saturated carbocycles. The van der Waals surface area contributed by atoms with E-state index in [2.05, 4.69) is 9.36 Å². The van der Waals surface area contributed by atoms with E-state index in [0.717, 1.165) is 17.0 Å². The molecule has 3 rings (SSSR count). The Bertz CT molecular complexity index is 833. The molecule has 112 valence electrons. The predicted octanol–water partition coefficient (Wildman–Crippen LogP) is 4.63. The summed E-state index contributed by atoms with van der Waals surface area (Å²) in [7, 11) is -2.63. The Morgan fingerprint density at radius 2 is 1.64 bits per heavy atom. The van der Waals surface area contributed by atoms with Gasteiger partial charge in [-0.05, 0) is 17.9 Å². The maximum atomic E-state index is 13.3. The molecule has 1 heterocycles. The lowest BCUT2D eigenvalue weighted by molar-refractivity contribution is 0.683. The first kappa shape index (κ1) is 15.1. The van der Waals surface area contributed by atoms with E-state index in [1.54, 1.807) is 5.41 Å². The first-order chi connectivity index (χ1) is 10.7. The zero-order chi connectivity index (χ0) is 15.4. The van der Waals surface area contributed by atoms with Crippen molar-refractivity contribution in [1.29, 1.82) is 0 Å². The number of hydrogen-bond donors (Lipinski definition) is 0. The molecule has 0 spiro atoms. The van der Waals surface area contributed by atoms with Gasteiger partial charge in [0.15, 0.2) is 5.17 Å². The smallest absolute Gasteiger partial charge is 0.197 e. The van der Waals surface area contributed by atoms with E-state index < -0.39 is 9.73 Å². The van der Waals surface area contributed by atoms with Crippen LogP contribution in [0, 0.1) is 0 Å². The lowest BCUT2D eigenvalue weighted by atomic mass is 10.2. The normalized spacial score (nSPS) is 20.8. The third kappa shape index (κ3) is 3.15. The Hall–Kier alpha value is -1.85. The SMILES string of the molecule is CCSC1=NC(c2ccccc2)=CS(=O)(c2ccccc2)=N1. The summed E-state index contributed by atoms with van der Waals surface area (Å²) < 4.78 is 17.8. The van der Waals surface area contributed by atoms with Crippen LogP contribution < -0.4 is 0 Å². The van der Waals surface area contributed by atoms with E-state index in [9.17, 15) is 4.21 Å². The molecule has 1 aliphatic rings. The molecule has 0 aliphatic carbocycles. The van der Waals surface area contributed by atoms with E-state index in [0.29, 0.717) is 10.1 Å². The molecular weight excluding hydrogens is 312 g/mol. The van der Waals surface area contributed by atoms with E-state index in [4.69, 9.17) is 0 Å². The highest BCUT2D eigenvalue weighted by molar-refractivity contribution is 8.14. The number of amidine groups is 1. The molecule has 0 radical (unpaired) electrons. The van der Waals surface area contributed by atoms with Gasteiger partial charge in [-0.2, -0.15) is 4.36 Å². The Kier molecular flexibility index (Phi) is 4.45. The third-order valence-electron chi connectivity index (χ3n) is 3.13. The van der Waals surface area contributed by atoms with Gasteiger partial charge in [-0.25, -0.2) is 9.20 Å². The van der Waals surface area contributed by atoms with Gasteiger partial charge in [-0.15, -0.1) is 0 Å². The fourth-order valence-corrected chi connectivity index (χ4v) is 4.68. The second-order valence-electron chi connectivity index (χ2n) is 4.67. The molecular formula is C17H16N2OS2. The Morgan fingerprint density at radius 1 is 1.00 bits per heavy atom. The molecule has 0 N–H and O–H groups in total. The summed E-state index contributed by atoms with van der Waals surface area (Å²) >= 11 is 1.51. The zero-order valence-corrected chi connectivity index (χ0v) is 13.8. The molecule has 3 nitrogen and oxygen atoms in total. The summed E-state index contributed by atoms with van der Waals surface area (Å²) in [6.45, 7) is 2.04. The van der Waals surface area contributed by atoms with Crippen LogP contribution in [-0.4, -0.2) is 15.1 Å². The van der Waals surface area contributed by atoms with Crippen LogP contribution in [0.25, 0.3) is 5.70 Å². The fourth-order valence-electron chi connectivity index (χ4n) is 2.11. The Balaban J connectivity index is 2.16. The molecule has 0 saturated heterocycles. The summed E-state index contributed by atoms with van der Waals surface area (Å²) in [4.78, 5) is 5.27. The number of aliphatic imine (C=N–C) groups is 1. The predicted molar refractivity (Wildman–Crippen MR) is 95.3 cm³/mol. The van der Waals surface area contributed by atoms with Crippen LogP contribution in [0.1, 0.15) is 12.5 Å². The largest absolute Gasteiger partial charge is 0.240 e. The molecule has 0 amide bonds. The maximum absolute atomic E-state index is 13.3. The molecule has 1 atom stereocenters. The number of hydrogen-bond acceptors (Lipinski definition) is 4. The number of benzene rings is 2. The minimum atomic E-state index is -2.63. The molecule has 5 heteroatoms. The van der Waals surface area contributed by atoms with Gasteiger partial charge in [0.05, 0.1) is 10.6 Å². The summed E-state index contributed by atoms with van der Waals surface area (Å²) in [5.74, 6) is 0.842. The van der Waals surface area contributed by atoms with Crippen molar-refractivity contribution in [2.75, 3.05) is 5.75 Å². The molecule has 0 aromatic heterocycles. The van der Waals surface area contributed by atoms with Gasteiger partial charge in [0, 0.05) is 11.0 Å². The minimum Gasteiger partial charge on any atom is -0.240 e. The summed E-state index contributed by atoms with van der Waals surface area (Å²) in [6.07, 6.45) is 0. The lowest BCUT2D eigenvalue weighted by Gasteiger charge is -2.14. The Labute approximate surface area is 135 Å². The molecule has 22 heavy (non-hydrogen) atoms. The van der Waals surface area contributed by atoms with E-state index >= 15 is 0 Å². The van der Waals surface area contributed by atoms with Crippen LogP contribution >= 0.6 is 11.8 Å². The molecule has 2 aromatic rings. The van der Waals surface area contributed by atoms with Crippen molar-refractivity contribution < 1.29 is 4.21 Å². The van der Waals surface area contributed by atoms with Crippen LogP contribution in [0.15, 0.2) is 80.3 Å². The van der Waals surface area contributed by atoms with Gasteiger partial charge in [-0.3, -0.25) is 0 Å². The van der Waals surface area contributed by atoms with Crippen molar-refractivity contribution in [3.8, 4) is 0 Å². The summed E-state index contributed by atoms with van der Waals surface area (Å²) in [6, 6.07) is 19.2. The van der Waals surface area contributed by atoms with Crippen molar-refractivity contribution >= 4 is 32.4 Å². The van der Waals surface area contributed by atoms with Crippen molar-refractivity contribution in [2.24, 2.45) is 9.36 Å². The van der Waals surface area contributed by atoms with Crippen LogP contribution in [0.2, 0.25) is 0 Å². The van der Waals surface area contributed by atoms with E-state index in [1.165, 1.54) is 11.8 Å². The van der Waals surface area contributed by atoms with E-state index in [-0.39, 0.29) is 0 Å². The second kappa shape index (κ2) is 6.50. The molecule has 0 bridgehead atoms. The van der Waals surface area contributed by atoms with Crippen LogP contribution in [0.4, 0.5) is 0 Å². The van der Waals surface area contributed by atoms with Crippen LogP contribution in [-0.2, 0) is 9.73 Å². The first-order valence-corrected chi connectivity index (χ1v) is 9.58. The van der Waals surface area contributed by atoms with Crippen molar-refractivity contribution in [3.63, 3.8) is 0 Å². The van der Waals surface area contributed by atoms with Crippen molar-refractivity contribution in [3.05, 3.63) is 71.6 Å². The standard InChI is InChI=1S/C17H16N2OS2/c1-2-21-17-18-16(14-9-5-3-6-10-14)13-22(20,19-17)15-11-7-4-8-12-15/h3-13H,2H2,1H3. The highest BCUT2D eigenvalue weighted by atomic mass is 32.2. The van der Waals surface area contributed by atoms with Crippen LogP contribution in [0.3, 0.4) is 0 Å². The third-order valence-corrected chi connectivity index (χ3v) is 5.90. The Morgan fingerprint density at radius 3 is 2.27 bits per heavy atom.